The minimum Gasteiger partial charge on any atom is -0.503 e. The summed E-state index contributed by atoms with van der Waals surface area (Å²) in [6.07, 6.45) is 0. The number of rotatable bonds is 5. The summed E-state index contributed by atoms with van der Waals surface area (Å²) < 4.78 is 16.2. The number of aryl methyl sites for hydroxylation is 1. The second-order valence-electron chi connectivity index (χ2n) is 7.92. The van der Waals surface area contributed by atoms with Crippen LogP contribution >= 0.6 is 0 Å². The third-order valence-corrected chi connectivity index (χ3v) is 5.89. The molecule has 0 saturated heterocycles. The number of nitrogens with zero attached hydrogens (tertiary/aromatic N) is 1. The molecule has 0 spiro atoms. The van der Waals surface area contributed by atoms with Gasteiger partial charge in [-0.15, -0.1) is 0 Å². The molecule has 0 radical (unpaired) electrons. The van der Waals surface area contributed by atoms with E-state index in [1.807, 2.05) is 73.7 Å². The molecule has 0 aromatic heterocycles. The van der Waals surface area contributed by atoms with Crippen LogP contribution in [0.1, 0.15) is 28.3 Å². The van der Waals surface area contributed by atoms with Gasteiger partial charge in [0.25, 0.3) is 5.91 Å². The van der Waals surface area contributed by atoms with E-state index in [1.54, 1.807) is 12.0 Å². The molecule has 0 bridgehead atoms. The predicted octanol–water partition coefficient (Wildman–Crippen LogP) is 4.79. The molecule has 3 aromatic rings. The van der Waals surface area contributed by atoms with Crippen LogP contribution in [-0.4, -0.2) is 29.8 Å². The first-order valence-corrected chi connectivity index (χ1v) is 10.4. The summed E-state index contributed by atoms with van der Waals surface area (Å²) in [7, 11) is 1.60. The van der Waals surface area contributed by atoms with E-state index in [2.05, 4.69) is 0 Å². The van der Waals surface area contributed by atoms with Crippen LogP contribution < -0.4 is 14.2 Å². The predicted molar refractivity (Wildman–Crippen MR) is 120 cm³/mol. The molecule has 1 unspecified atom stereocenters. The van der Waals surface area contributed by atoms with Gasteiger partial charge in [-0.2, -0.15) is 0 Å². The number of hydrogen-bond donors (Lipinski definition) is 1. The Kier molecular flexibility index (Phi) is 4.98. The van der Waals surface area contributed by atoms with Gasteiger partial charge in [0, 0.05) is 12.1 Å². The van der Waals surface area contributed by atoms with Crippen LogP contribution in [0.3, 0.4) is 0 Å². The highest BCUT2D eigenvalue weighted by atomic mass is 16.7. The van der Waals surface area contributed by atoms with Crippen LogP contribution in [0.2, 0.25) is 0 Å². The standard InChI is InChI=1S/C26H23NO5/c1-16-3-6-19(7-4-16)24-23(18-8-10-20(30-2)11-9-18)25(28)26(29)27(24)14-17-5-12-21-22(13-17)32-15-31-21/h3-13,24,28H,14-15H2,1-2H3. The average molecular weight is 429 g/mol. The van der Waals surface area contributed by atoms with E-state index in [1.165, 1.54) is 0 Å². The zero-order valence-electron chi connectivity index (χ0n) is 17.9. The lowest BCUT2D eigenvalue weighted by Crippen LogP contribution is -2.29. The molecule has 1 atom stereocenters. The Labute approximate surface area is 186 Å². The lowest BCUT2D eigenvalue weighted by Gasteiger charge is -2.27. The first kappa shape index (κ1) is 20.0. The molecular weight excluding hydrogens is 406 g/mol. The van der Waals surface area contributed by atoms with E-state index in [4.69, 9.17) is 14.2 Å². The maximum Gasteiger partial charge on any atom is 0.290 e. The minimum absolute atomic E-state index is 0.192. The van der Waals surface area contributed by atoms with E-state index in [9.17, 15) is 9.90 Å². The Hall–Kier alpha value is -3.93. The van der Waals surface area contributed by atoms with E-state index >= 15 is 0 Å². The Bertz CT molecular complexity index is 1200. The number of aliphatic hydroxyl groups is 1. The molecule has 1 amide bonds. The minimum atomic E-state index is -0.429. The number of benzene rings is 3. The fraction of sp³-hybridized carbons (Fsp3) is 0.192. The van der Waals surface area contributed by atoms with E-state index < -0.39 is 11.9 Å². The number of carbonyl (C=O) groups excluding carboxylic acids is 1. The van der Waals surface area contributed by atoms with Gasteiger partial charge in [0.05, 0.1) is 13.2 Å². The zero-order valence-corrected chi connectivity index (χ0v) is 17.9. The van der Waals surface area contributed by atoms with Crippen molar-refractivity contribution in [3.05, 3.63) is 94.7 Å². The highest BCUT2D eigenvalue weighted by Gasteiger charge is 2.41. The number of aliphatic hydroxyl groups excluding tert-OH is 1. The fourth-order valence-electron chi connectivity index (χ4n) is 4.21. The molecule has 2 heterocycles. The van der Waals surface area contributed by atoms with Crippen LogP contribution in [0.15, 0.2) is 72.5 Å². The van der Waals surface area contributed by atoms with Crippen molar-refractivity contribution in [2.24, 2.45) is 0 Å². The SMILES string of the molecule is COc1ccc(C2=C(O)C(=O)N(Cc3ccc4c(c3)OCO4)C2c2ccc(C)cc2)cc1. The highest BCUT2D eigenvalue weighted by Crippen LogP contribution is 2.44. The van der Waals surface area contributed by atoms with Crippen LogP contribution in [0.25, 0.3) is 5.57 Å². The molecular formula is C26H23NO5. The van der Waals surface area contributed by atoms with Crippen LogP contribution in [0.5, 0.6) is 17.2 Å². The van der Waals surface area contributed by atoms with Gasteiger partial charge in [0.1, 0.15) is 5.75 Å². The van der Waals surface area contributed by atoms with E-state index in [0.717, 1.165) is 22.3 Å². The van der Waals surface area contributed by atoms with Crippen molar-refractivity contribution in [2.45, 2.75) is 19.5 Å². The number of carbonyl (C=O) groups is 1. The van der Waals surface area contributed by atoms with Crippen molar-refractivity contribution in [1.29, 1.82) is 0 Å². The summed E-state index contributed by atoms with van der Waals surface area (Å²) in [5, 5.41) is 10.9. The van der Waals surface area contributed by atoms with Crippen molar-refractivity contribution < 1.29 is 24.1 Å². The molecule has 0 aliphatic carbocycles. The molecule has 0 saturated carbocycles. The second-order valence-corrected chi connectivity index (χ2v) is 7.92. The smallest absolute Gasteiger partial charge is 0.290 e. The van der Waals surface area contributed by atoms with E-state index in [0.29, 0.717) is 29.4 Å². The Balaban J connectivity index is 1.56. The number of hydrogen-bond acceptors (Lipinski definition) is 5. The Morgan fingerprint density at radius 2 is 1.72 bits per heavy atom. The van der Waals surface area contributed by atoms with Crippen LogP contribution in [0, 0.1) is 6.92 Å². The number of fused-ring (bicyclic) bond motifs is 1. The van der Waals surface area contributed by atoms with Crippen LogP contribution in [-0.2, 0) is 11.3 Å². The topological polar surface area (TPSA) is 68.2 Å². The van der Waals surface area contributed by atoms with Gasteiger partial charge in [-0.05, 0) is 47.9 Å². The summed E-state index contributed by atoms with van der Waals surface area (Å²) in [4.78, 5) is 14.9. The second kappa shape index (κ2) is 7.96. The molecule has 32 heavy (non-hydrogen) atoms. The molecule has 6 heteroatoms. The third kappa shape index (κ3) is 3.43. The van der Waals surface area contributed by atoms with Gasteiger partial charge in [0.15, 0.2) is 17.3 Å². The third-order valence-electron chi connectivity index (χ3n) is 5.89. The van der Waals surface area contributed by atoms with Gasteiger partial charge < -0.3 is 24.2 Å². The van der Waals surface area contributed by atoms with E-state index in [-0.39, 0.29) is 12.6 Å². The average Bonchev–Trinajstić information content (AvgIpc) is 3.38. The molecule has 3 aromatic carbocycles. The van der Waals surface area contributed by atoms with Crippen molar-refractivity contribution >= 4 is 11.5 Å². The van der Waals surface area contributed by atoms with Gasteiger partial charge in [0.2, 0.25) is 6.79 Å². The molecule has 1 N–H and O–H groups in total. The van der Waals surface area contributed by atoms with Gasteiger partial charge in [-0.25, -0.2) is 0 Å². The molecule has 162 valence electrons. The quantitative estimate of drug-likeness (QED) is 0.632. The maximum absolute atomic E-state index is 13.2. The monoisotopic (exact) mass is 429 g/mol. The molecule has 5 rings (SSSR count). The fourth-order valence-corrected chi connectivity index (χ4v) is 4.21. The number of methoxy groups -OCH3 is 1. The summed E-state index contributed by atoms with van der Waals surface area (Å²) >= 11 is 0. The summed E-state index contributed by atoms with van der Waals surface area (Å²) in [6.45, 7) is 2.53. The molecule has 2 aliphatic heterocycles. The maximum atomic E-state index is 13.2. The lowest BCUT2D eigenvalue weighted by atomic mass is 9.93. The highest BCUT2D eigenvalue weighted by molar-refractivity contribution is 6.05. The zero-order chi connectivity index (χ0) is 22.2. The molecule has 0 fully saturated rings. The first-order chi connectivity index (χ1) is 15.5. The van der Waals surface area contributed by atoms with Gasteiger partial charge in [-0.3, -0.25) is 4.79 Å². The van der Waals surface area contributed by atoms with Crippen LogP contribution in [0.4, 0.5) is 0 Å². The lowest BCUT2D eigenvalue weighted by molar-refractivity contribution is -0.130. The first-order valence-electron chi connectivity index (χ1n) is 10.4. The summed E-state index contributed by atoms with van der Waals surface area (Å²) in [6, 6.07) is 20.6. The largest absolute Gasteiger partial charge is 0.503 e. The summed E-state index contributed by atoms with van der Waals surface area (Å²) in [5.74, 6) is 1.42. The van der Waals surface area contributed by atoms with Gasteiger partial charge >= 0.3 is 0 Å². The Morgan fingerprint density at radius 3 is 2.44 bits per heavy atom. The van der Waals surface area contributed by atoms with Crippen molar-refractivity contribution in [3.8, 4) is 17.2 Å². The summed E-state index contributed by atoms with van der Waals surface area (Å²) in [5.41, 5.74) is 4.31. The van der Waals surface area contributed by atoms with Crippen molar-refractivity contribution in [2.75, 3.05) is 13.9 Å². The number of ether oxygens (including phenoxy) is 3. The van der Waals surface area contributed by atoms with Gasteiger partial charge in [-0.1, -0.05) is 48.0 Å². The van der Waals surface area contributed by atoms with Crippen molar-refractivity contribution in [3.63, 3.8) is 0 Å². The molecule has 6 nitrogen and oxygen atoms in total. The molecule has 2 aliphatic rings. The van der Waals surface area contributed by atoms with Crippen molar-refractivity contribution in [1.82, 2.24) is 4.90 Å². The normalized spacial score (nSPS) is 17.2. The number of amides is 1. The Morgan fingerprint density at radius 1 is 1.00 bits per heavy atom.